The van der Waals surface area contributed by atoms with Gasteiger partial charge >= 0.3 is 0 Å². The average Bonchev–Trinajstić information content (AvgIpc) is 2.99. The number of ether oxygens (including phenoxy) is 2. The van der Waals surface area contributed by atoms with E-state index in [0.29, 0.717) is 34.9 Å². The zero-order chi connectivity index (χ0) is 27.9. The van der Waals surface area contributed by atoms with Crippen molar-refractivity contribution in [3.8, 4) is 22.6 Å². The molecule has 2 heterocycles. The Morgan fingerprint density at radius 1 is 1.00 bits per heavy atom. The van der Waals surface area contributed by atoms with Gasteiger partial charge in [0.2, 0.25) is 0 Å². The standard InChI is InChI=1S/C33H37ClN2O4/c1-35(26-15-18-36(19-16-26)22-25-7-3-4-8-31(25)34)17-5-6-20-39-28-13-14-29-32(21-28)40-23-30(33(29)37)24-9-11-27(38-2)12-10-24/h3-4,7-14,21,23,26H,5-6,15-20,22H2,1-2H3. The van der Waals surface area contributed by atoms with Gasteiger partial charge in [-0.2, -0.15) is 0 Å². The van der Waals surface area contributed by atoms with Crippen molar-refractivity contribution in [2.45, 2.75) is 38.3 Å². The van der Waals surface area contributed by atoms with Crippen LogP contribution in [0.2, 0.25) is 5.02 Å². The number of halogens is 1. The summed E-state index contributed by atoms with van der Waals surface area (Å²) in [7, 11) is 3.85. The second-order valence-electron chi connectivity index (χ2n) is 10.5. The molecule has 3 aromatic carbocycles. The van der Waals surface area contributed by atoms with Crippen molar-refractivity contribution in [2.75, 3.05) is 40.4 Å². The number of unbranched alkanes of at least 4 members (excludes halogenated alkanes) is 1. The quantitative estimate of drug-likeness (QED) is 0.186. The number of nitrogens with zero attached hydrogens (tertiary/aromatic N) is 2. The first-order valence-corrected chi connectivity index (χ1v) is 14.4. The molecule has 1 aliphatic rings. The SMILES string of the molecule is COc1ccc(-c2coc3cc(OCCCCN(C)C4CCN(Cc5ccccc5Cl)CC4)ccc3c2=O)cc1. The normalized spacial score (nSPS) is 14.6. The lowest BCUT2D eigenvalue weighted by Crippen LogP contribution is -2.43. The first-order valence-electron chi connectivity index (χ1n) is 14.0. The third-order valence-electron chi connectivity index (χ3n) is 7.85. The molecule has 1 aromatic heterocycles. The molecule has 1 aliphatic heterocycles. The van der Waals surface area contributed by atoms with Gasteiger partial charge in [0.25, 0.3) is 0 Å². The molecule has 0 spiro atoms. The molecule has 6 nitrogen and oxygen atoms in total. The predicted molar refractivity (Wildman–Crippen MR) is 162 cm³/mol. The number of methoxy groups -OCH3 is 1. The zero-order valence-corrected chi connectivity index (χ0v) is 24.0. The van der Waals surface area contributed by atoms with Crippen LogP contribution < -0.4 is 14.9 Å². The van der Waals surface area contributed by atoms with Gasteiger partial charge in [0.1, 0.15) is 23.3 Å². The van der Waals surface area contributed by atoms with Gasteiger partial charge in [-0.05, 0) is 93.8 Å². The molecule has 7 heteroatoms. The average molecular weight is 561 g/mol. The fourth-order valence-corrected chi connectivity index (χ4v) is 5.59. The van der Waals surface area contributed by atoms with Gasteiger partial charge in [0, 0.05) is 23.7 Å². The number of piperidine rings is 1. The van der Waals surface area contributed by atoms with Crippen LogP contribution in [0, 0.1) is 0 Å². The first-order chi connectivity index (χ1) is 19.5. The summed E-state index contributed by atoms with van der Waals surface area (Å²) in [5.41, 5.74) is 3.00. The van der Waals surface area contributed by atoms with E-state index in [9.17, 15) is 4.79 Å². The van der Waals surface area contributed by atoms with E-state index in [1.54, 1.807) is 19.2 Å². The van der Waals surface area contributed by atoms with Gasteiger partial charge in [0.15, 0.2) is 5.43 Å². The summed E-state index contributed by atoms with van der Waals surface area (Å²) in [4.78, 5) is 18.1. The Labute approximate surface area is 241 Å². The molecule has 1 fully saturated rings. The van der Waals surface area contributed by atoms with Crippen LogP contribution in [0.15, 0.2) is 82.2 Å². The van der Waals surface area contributed by atoms with E-state index in [1.807, 2.05) is 42.5 Å². The summed E-state index contributed by atoms with van der Waals surface area (Å²) in [6.07, 6.45) is 5.92. The molecule has 5 rings (SSSR count). The number of hydrogen-bond acceptors (Lipinski definition) is 6. The predicted octanol–water partition coefficient (Wildman–Crippen LogP) is 6.88. The van der Waals surface area contributed by atoms with Crippen LogP contribution in [0.5, 0.6) is 11.5 Å². The smallest absolute Gasteiger partial charge is 0.200 e. The lowest BCUT2D eigenvalue weighted by Gasteiger charge is -2.37. The summed E-state index contributed by atoms with van der Waals surface area (Å²) >= 11 is 6.35. The van der Waals surface area contributed by atoms with Crippen LogP contribution in [-0.4, -0.2) is 56.2 Å². The third-order valence-corrected chi connectivity index (χ3v) is 8.22. The lowest BCUT2D eigenvalue weighted by atomic mass is 10.0. The largest absolute Gasteiger partial charge is 0.497 e. The third kappa shape index (κ3) is 6.87. The summed E-state index contributed by atoms with van der Waals surface area (Å²) in [6.45, 7) is 4.81. The summed E-state index contributed by atoms with van der Waals surface area (Å²) in [5.74, 6) is 1.46. The molecule has 0 atom stereocenters. The second kappa shape index (κ2) is 13.4. The maximum atomic E-state index is 13.1. The summed E-state index contributed by atoms with van der Waals surface area (Å²) in [6, 6.07) is 21.6. The van der Waals surface area contributed by atoms with E-state index < -0.39 is 0 Å². The number of hydrogen-bond donors (Lipinski definition) is 0. The van der Waals surface area contributed by atoms with Gasteiger partial charge in [-0.1, -0.05) is 41.9 Å². The molecule has 0 saturated carbocycles. The van der Waals surface area contributed by atoms with E-state index in [-0.39, 0.29) is 5.43 Å². The molecule has 210 valence electrons. The van der Waals surface area contributed by atoms with Gasteiger partial charge in [-0.25, -0.2) is 0 Å². The summed E-state index contributed by atoms with van der Waals surface area (Å²) < 4.78 is 17.0. The lowest BCUT2D eigenvalue weighted by molar-refractivity contribution is 0.121. The highest BCUT2D eigenvalue weighted by Crippen LogP contribution is 2.25. The zero-order valence-electron chi connectivity index (χ0n) is 23.3. The van der Waals surface area contributed by atoms with Crippen molar-refractivity contribution in [1.29, 1.82) is 0 Å². The Hall–Kier alpha value is -3.32. The van der Waals surface area contributed by atoms with Crippen LogP contribution in [-0.2, 0) is 6.54 Å². The fraction of sp³-hybridized carbons (Fsp3) is 0.364. The minimum absolute atomic E-state index is 0.0595. The van der Waals surface area contributed by atoms with E-state index in [0.717, 1.165) is 55.4 Å². The van der Waals surface area contributed by atoms with Gasteiger partial charge in [-0.15, -0.1) is 0 Å². The van der Waals surface area contributed by atoms with Crippen molar-refractivity contribution < 1.29 is 13.9 Å². The van der Waals surface area contributed by atoms with Gasteiger partial charge in [-0.3, -0.25) is 9.69 Å². The maximum absolute atomic E-state index is 13.1. The Kier molecular flexibility index (Phi) is 9.42. The van der Waals surface area contributed by atoms with Crippen LogP contribution in [0.1, 0.15) is 31.2 Å². The second-order valence-corrected chi connectivity index (χ2v) is 10.9. The molecule has 4 aromatic rings. The first kappa shape index (κ1) is 28.2. The number of benzene rings is 3. The minimum atomic E-state index is -0.0595. The van der Waals surface area contributed by atoms with Gasteiger partial charge < -0.3 is 18.8 Å². The molecule has 0 bridgehead atoms. The Bertz CT molecular complexity index is 1460. The monoisotopic (exact) mass is 560 g/mol. The maximum Gasteiger partial charge on any atom is 0.200 e. The Morgan fingerprint density at radius 2 is 1.75 bits per heavy atom. The highest BCUT2D eigenvalue weighted by atomic mass is 35.5. The highest BCUT2D eigenvalue weighted by Gasteiger charge is 2.22. The molecule has 0 unspecified atom stereocenters. The molecule has 0 aliphatic carbocycles. The number of rotatable bonds is 11. The van der Waals surface area contributed by atoms with E-state index in [2.05, 4.69) is 29.0 Å². The van der Waals surface area contributed by atoms with E-state index in [1.165, 1.54) is 24.7 Å². The van der Waals surface area contributed by atoms with Crippen molar-refractivity contribution >= 4 is 22.6 Å². The van der Waals surface area contributed by atoms with Crippen LogP contribution in [0.25, 0.3) is 22.1 Å². The highest BCUT2D eigenvalue weighted by molar-refractivity contribution is 6.31. The summed E-state index contributed by atoms with van der Waals surface area (Å²) in [5, 5.41) is 1.40. The van der Waals surface area contributed by atoms with Gasteiger partial charge in [0.05, 0.1) is 24.7 Å². The molecule has 40 heavy (non-hydrogen) atoms. The van der Waals surface area contributed by atoms with Crippen LogP contribution in [0.4, 0.5) is 0 Å². The van der Waals surface area contributed by atoms with Crippen molar-refractivity contribution in [1.82, 2.24) is 9.80 Å². The Balaban J connectivity index is 1.05. The number of likely N-dealkylation sites (tertiary alicyclic amines) is 1. The van der Waals surface area contributed by atoms with Crippen LogP contribution >= 0.6 is 11.6 Å². The fourth-order valence-electron chi connectivity index (χ4n) is 5.39. The van der Waals surface area contributed by atoms with Crippen molar-refractivity contribution in [3.05, 3.63) is 93.8 Å². The molecule has 0 amide bonds. The molecule has 0 N–H and O–H groups in total. The van der Waals surface area contributed by atoms with Crippen LogP contribution in [0.3, 0.4) is 0 Å². The Morgan fingerprint density at radius 3 is 2.50 bits per heavy atom. The molecular weight excluding hydrogens is 524 g/mol. The van der Waals surface area contributed by atoms with Crippen molar-refractivity contribution in [2.24, 2.45) is 0 Å². The topological polar surface area (TPSA) is 55.2 Å². The molecule has 1 saturated heterocycles. The van der Waals surface area contributed by atoms with E-state index in [4.69, 9.17) is 25.5 Å². The van der Waals surface area contributed by atoms with Crippen molar-refractivity contribution in [3.63, 3.8) is 0 Å². The minimum Gasteiger partial charge on any atom is -0.497 e. The van der Waals surface area contributed by atoms with E-state index >= 15 is 0 Å². The molecular formula is C33H37ClN2O4. The molecule has 0 radical (unpaired) electrons. The number of fused-ring (bicyclic) bond motifs is 1.